The van der Waals surface area contributed by atoms with Gasteiger partial charge in [-0.3, -0.25) is 14.5 Å². The highest BCUT2D eigenvalue weighted by molar-refractivity contribution is 7.10. The number of nitrogens with one attached hydrogen (secondary N) is 1. The van der Waals surface area contributed by atoms with Gasteiger partial charge in [0.2, 0.25) is 5.91 Å². The zero-order valence-electron chi connectivity index (χ0n) is 13.2. The Hall–Kier alpha value is -1.40. The van der Waals surface area contributed by atoms with Gasteiger partial charge in [0, 0.05) is 4.88 Å². The summed E-state index contributed by atoms with van der Waals surface area (Å²) in [6.07, 6.45) is 1.54. The molecule has 1 atom stereocenters. The highest BCUT2D eigenvalue weighted by Gasteiger charge is 2.26. The molecule has 0 saturated carbocycles. The van der Waals surface area contributed by atoms with Crippen molar-refractivity contribution in [3.63, 3.8) is 0 Å². The smallest absolute Gasteiger partial charge is 0.309 e. The number of hydrogen-bond donors (Lipinski definition) is 1. The van der Waals surface area contributed by atoms with E-state index in [9.17, 15) is 9.59 Å². The first-order chi connectivity index (χ1) is 10.6. The van der Waals surface area contributed by atoms with Crippen molar-refractivity contribution in [2.24, 2.45) is 5.92 Å². The minimum Gasteiger partial charge on any atom is -0.466 e. The van der Waals surface area contributed by atoms with E-state index < -0.39 is 0 Å². The van der Waals surface area contributed by atoms with Gasteiger partial charge < -0.3 is 10.1 Å². The normalized spacial score (nSPS) is 17.9. The Morgan fingerprint density at radius 1 is 1.45 bits per heavy atom. The molecule has 122 valence electrons. The predicted octanol–water partition coefficient (Wildman–Crippen LogP) is 2.20. The van der Waals surface area contributed by atoms with Gasteiger partial charge in [-0.25, -0.2) is 0 Å². The molecular formula is C16H24N2O3S. The molecule has 22 heavy (non-hydrogen) atoms. The van der Waals surface area contributed by atoms with E-state index in [0.29, 0.717) is 13.2 Å². The van der Waals surface area contributed by atoms with Gasteiger partial charge >= 0.3 is 5.97 Å². The summed E-state index contributed by atoms with van der Waals surface area (Å²) in [5.74, 6) is -0.0716. The van der Waals surface area contributed by atoms with Crippen LogP contribution in [0, 0.1) is 5.92 Å². The first-order valence-electron chi connectivity index (χ1n) is 7.82. The molecule has 1 aromatic rings. The Labute approximate surface area is 135 Å². The van der Waals surface area contributed by atoms with Crippen LogP contribution in [0.15, 0.2) is 17.5 Å². The number of ether oxygens (including phenoxy) is 1. The summed E-state index contributed by atoms with van der Waals surface area (Å²) in [6.45, 7) is 6.19. The number of nitrogens with zero attached hydrogens (tertiary/aromatic N) is 1. The Kier molecular flexibility index (Phi) is 6.39. The van der Waals surface area contributed by atoms with E-state index in [0.717, 1.165) is 30.8 Å². The fraction of sp³-hybridized carbons (Fsp3) is 0.625. The van der Waals surface area contributed by atoms with Crippen molar-refractivity contribution in [3.05, 3.63) is 22.4 Å². The maximum Gasteiger partial charge on any atom is 0.309 e. The van der Waals surface area contributed by atoms with E-state index in [1.54, 1.807) is 11.3 Å². The average Bonchev–Trinajstić information content (AvgIpc) is 3.02. The third-order valence-corrected chi connectivity index (χ3v) is 4.98. The molecular weight excluding hydrogens is 300 g/mol. The molecule has 1 aliphatic rings. The van der Waals surface area contributed by atoms with Gasteiger partial charge in [0.1, 0.15) is 0 Å². The molecule has 0 bridgehead atoms. The van der Waals surface area contributed by atoms with Gasteiger partial charge in [-0.15, -0.1) is 11.3 Å². The molecule has 2 heterocycles. The SMILES string of the molecule is CCOC(=O)C1CCN(CC(=O)N[C@H](C)c2cccs2)CC1. The second-order valence-electron chi connectivity index (χ2n) is 5.61. The van der Waals surface area contributed by atoms with E-state index >= 15 is 0 Å². The maximum atomic E-state index is 12.1. The molecule has 2 rings (SSSR count). The second-order valence-corrected chi connectivity index (χ2v) is 6.59. The van der Waals surface area contributed by atoms with Crippen molar-refractivity contribution in [3.8, 4) is 0 Å². The third-order valence-electron chi connectivity index (χ3n) is 3.92. The summed E-state index contributed by atoms with van der Waals surface area (Å²) in [7, 11) is 0. The molecule has 1 aromatic heterocycles. The van der Waals surface area contributed by atoms with Crippen LogP contribution in [0.4, 0.5) is 0 Å². The van der Waals surface area contributed by atoms with E-state index in [1.165, 1.54) is 0 Å². The van der Waals surface area contributed by atoms with Crippen LogP contribution in [0.1, 0.15) is 37.6 Å². The summed E-state index contributed by atoms with van der Waals surface area (Å²) in [5.41, 5.74) is 0. The van der Waals surface area contributed by atoms with Gasteiger partial charge in [-0.1, -0.05) is 6.07 Å². The number of amides is 1. The van der Waals surface area contributed by atoms with Gasteiger partial charge in [-0.05, 0) is 51.2 Å². The number of carbonyl (C=O) groups excluding carboxylic acids is 2. The molecule has 0 radical (unpaired) electrons. The number of thiophene rings is 1. The summed E-state index contributed by atoms with van der Waals surface area (Å²) in [6, 6.07) is 4.06. The number of piperidine rings is 1. The third kappa shape index (κ3) is 4.81. The maximum absolute atomic E-state index is 12.1. The van der Waals surface area contributed by atoms with Crippen LogP contribution >= 0.6 is 11.3 Å². The van der Waals surface area contributed by atoms with Gasteiger partial charge in [0.25, 0.3) is 0 Å². The molecule has 1 fully saturated rings. The molecule has 0 unspecified atom stereocenters. The molecule has 1 amide bonds. The lowest BCUT2D eigenvalue weighted by Crippen LogP contribution is -2.43. The van der Waals surface area contributed by atoms with Crippen LogP contribution in [0.25, 0.3) is 0 Å². The topological polar surface area (TPSA) is 58.6 Å². The van der Waals surface area contributed by atoms with Gasteiger partial charge in [0.15, 0.2) is 0 Å². The fourth-order valence-electron chi connectivity index (χ4n) is 2.69. The van der Waals surface area contributed by atoms with Crippen LogP contribution in [-0.4, -0.2) is 43.0 Å². The number of rotatable bonds is 6. The largest absolute Gasteiger partial charge is 0.466 e. The minimum absolute atomic E-state index is 0.00990. The first kappa shape index (κ1) is 17.0. The lowest BCUT2D eigenvalue weighted by Gasteiger charge is -2.30. The molecule has 1 saturated heterocycles. The van der Waals surface area contributed by atoms with Gasteiger partial charge in [0.05, 0.1) is 25.1 Å². The lowest BCUT2D eigenvalue weighted by molar-refractivity contribution is -0.149. The van der Waals surface area contributed by atoms with Crippen molar-refractivity contribution < 1.29 is 14.3 Å². The van der Waals surface area contributed by atoms with E-state index in [-0.39, 0.29) is 23.8 Å². The fourth-order valence-corrected chi connectivity index (χ4v) is 3.42. The molecule has 0 aliphatic carbocycles. The van der Waals surface area contributed by atoms with Crippen molar-refractivity contribution in [1.29, 1.82) is 0 Å². The Bertz CT molecular complexity index is 482. The Balaban J connectivity index is 1.71. The minimum atomic E-state index is -0.0991. The molecule has 1 aliphatic heterocycles. The second kappa shape index (κ2) is 8.29. The number of hydrogen-bond acceptors (Lipinski definition) is 5. The quantitative estimate of drug-likeness (QED) is 0.815. The standard InChI is InChI=1S/C16H24N2O3S/c1-3-21-16(20)13-6-8-18(9-7-13)11-15(19)17-12(2)14-5-4-10-22-14/h4-5,10,12-13H,3,6-9,11H2,1-2H3,(H,17,19)/t12-/m1/s1. The van der Waals surface area contributed by atoms with Crippen molar-refractivity contribution in [2.75, 3.05) is 26.2 Å². The van der Waals surface area contributed by atoms with E-state index in [2.05, 4.69) is 10.2 Å². The van der Waals surface area contributed by atoms with E-state index in [4.69, 9.17) is 4.74 Å². The number of esters is 1. The first-order valence-corrected chi connectivity index (χ1v) is 8.70. The Morgan fingerprint density at radius 2 is 2.18 bits per heavy atom. The predicted molar refractivity (Wildman–Crippen MR) is 86.7 cm³/mol. The Morgan fingerprint density at radius 3 is 2.77 bits per heavy atom. The molecule has 5 nitrogen and oxygen atoms in total. The van der Waals surface area contributed by atoms with Gasteiger partial charge in [-0.2, -0.15) is 0 Å². The van der Waals surface area contributed by atoms with Crippen molar-refractivity contribution in [1.82, 2.24) is 10.2 Å². The van der Waals surface area contributed by atoms with Crippen LogP contribution in [0.3, 0.4) is 0 Å². The van der Waals surface area contributed by atoms with E-state index in [1.807, 2.05) is 31.4 Å². The lowest BCUT2D eigenvalue weighted by atomic mass is 9.97. The van der Waals surface area contributed by atoms with Crippen molar-refractivity contribution in [2.45, 2.75) is 32.7 Å². The number of likely N-dealkylation sites (tertiary alicyclic amines) is 1. The molecule has 1 N–H and O–H groups in total. The zero-order valence-corrected chi connectivity index (χ0v) is 14.0. The zero-order chi connectivity index (χ0) is 15.9. The summed E-state index contributed by atoms with van der Waals surface area (Å²) >= 11 is 1.65. The monoisotopic (exact) mass is 324 g/mol. The highest BCUT2D eigenvalue weighted by Crippen LogP contribution is 2.20. The van der Waals surface area contributed by atoms with Crippen molar-refractivity contribution >= 4 is 23.2 Å². The van der Waals surface area contributed by atoms with Crippen LogP contribution < -0.4 is 5.32 Å². The molecule has 0 aromatic carbocycles. The van der Waals surface area contributed by atoms with Crippen LogP contribution in [-0.2, 0) is 14.3 Å². The summed E-state index contributed by atoms with van der Waals surface area (Å²) in [4.78, 5) is 27.0. The summed E-state index contributed by atoms with van der Waals surface area (Å²) in [5, 5.41) is 5.03. The summed E-state index contributed by atoms with van der Waals surface area (Å²) < 4.78 is 5.06. The van der Waals surface area contributed by atoms with Crippen LogP contribution in [0.2, 0.25) is 0 Å². The molecule has 0 spiro atoms. The highest BCUT2D eigenvalue weighted by atomic mass is 32.1. The average molecular weight is 324 g/mol. The van der Waals surface area contributed by atoms with Crippen LogP contribution in [0.5, 0.6) is 0 Å². The molecule has 6 heteroatoms. The number of carbonyl (C=O) groups is 2.